The highest BCUT2D eigenvalue weighted by molar-refractivity contribution is 6.30. The van der Waals surface area contributed by atoms with Crippen LogP contribution in [0.4, 0.5) is 5.95 Å². The molecule has 1 aromatic heterocycles. The van der Waals surface area contributed by atoms with Gasteiger partial charge in [-0.25, -0.2) is 4.98 Å². The summed E-state index contributed by atoms with van der Waals surface area (Å²) in [4.78, 5) is 21.7. The normalized spacial score (nSPS) is 16.8. The van der Waals surface area contributed by atoms with E-state index in [1.807, 2.05) is 42.5 Å². The number of likely N-dealkylation sites (tertiary alicyclic amines) is 1. The quantitative estimate of drug-likeness (QED) is 0.541. The number of H-pyrrole nitrogens is 1. The van der Waals surface area contributed by atoms with Gasteiger partial charge in [-0.3, -0.25) is 9.78 Å². The van der Waals surface area contributed by atoms with Gasteiger partial charge < -0.3 is 15.3 Å². The van der Waals surface area contributed by atoms with Gasteiger partial charge >= 0.3 is 0 Å². The van der Waals surface area contributed by atoms with Crippen molar-refractivity contribution in [2.75, 3.05) is 31.5 Å². The summed E-state index contributed by atoms with van der Waals surface area (Å²) in [5, 5.41) is 15.5. The Morgan fingerprint density at radius 3 is 2.62 bits per heavy atom. The van der Waals surface area contributed by atoms with E-state index in [9.17, 15) is 9.90 Å². The molecule has 1 fully saturated rings. The lowest BCUT2D eigenvalue weighted by atomic mass is 9.84. The summed E-state index contributed by atoms with van der Waals surface area (Å²) in [7, 11) is 0. The summed E-state index contributed by atoms with van der Waals surface area (Å²) in [6.07, 6.45) is 2.35. The van der Waals surface area contributed by atoms with Crippen LogP contribution in [0.15, 0.2) is 53.3 Å². The topological polar surface area (TPSA) is 81.2 Å². The van der Waals surface area contributed by atoms with Gasteiger partial charge in [0.1, 0.15) is 0 Å². The molecule has 4 rings (SSSR count). The molecule has 0 amide bonds. The van der Waals surface area contributed by atoms with E-state index in [0.717, 1.165) is 38.2 Å². The van der Waals surface area contributed by atoms with Gasteiger partial charge in [0.2, 0.25) is 5.95 Å². The number of nitrogens with one attached hydrogen (secondary N) is 2. The van der Waals surface area contributed by atoms with Gasteiger partial charge in [-0.1, -0.05) is 35.9 Å². The second-order valence-electron chi connectivity index (χ2n) is 7.59. The number of hydrogen-bond acceptors (Lipinski definition) is 5. The van der Waals surface area contributed by atoms with Gasteiger partial charge in [0, 0.05) is 24.7 Å². The molecule has 0 atom stereocenters. The van der Waals surface area contributed by atoms with E-state index in [1.54, 1.807) is 6.07 Å². The Balaban J connectivity index is 1.25. The van der Waals surface area contributed by atoms with Crippen LogP contribution in [0.5, 0.6) is 0 Å². The molecule has 3 N–H and O–H groups in total. The first-order chi connectivity index (χ1) is 14.0. The van der Waals surface area contributed by atoms with Crippen LogP contribution < -0.4 is 10.9 Å². The number of nitrogens with zero attached hydrogens (tertiary/aromatic N) is 2. The van der Waals surface area contributed by atoms with E-state index in [4.69, 9.17) is 11.6 Å². The molecule has 2 heterocycles. The molecule has 152 valence electrons. The third kappa shape index (κ3) is 4.61. The Hall–Kier alpha value is -2.41. The van der Waals surface area contributed by atoms with Crippen LogP contribution in [0.25, 0.3) is 10.9 Å². The number of aromatic amines is 1. The van der Waals surface area contributed by atoms with Crippen LogP contribution in [-0.4, -0.2) is 46.2 Å². The zero-order valence-corrected chi connectivity index (χ0v) is 17.0. The van der Waals surface area contributed by atoms with E-state index in [2.05, 4.69) is 20.2 Å². The second kappa shape index (κ2) is 8.53. The maximum Gasteiger partial charge on any atom is 0.260 e. The molecular weight excluding hydrogens is 388 g/mol. The summed E-state index contributed by atoms with van der Waals surface area (Å²) < 4.78 is 0. The summed E-state index contributed by atoms with van der Waals surface area (Å²) >= 11 is 5.95. The van der Waals surface area contributed by atoms with Crippen molar-refractivity contribution in [3.63, 3.8) is 0 Å². The van der Waals surface area contributed by atoms with Crippen LogP contribution in [0.3, 0.4) is 0 Å². The number of aliphatic hydroxyl groups is 1. The van der Waals surface area contributed by atoms with E-state index >= 15 is 0 Å². The lowest BCUT2D eigenvalue weighted by molar-refractivity contribution is -0.0258. The maximum absolute atomic E-state index is 12.1. The molecule has 0 bridgehead atoms. The Morgan fingerprint density at radius 2 is 1.86 bits per heavy atom. The highest BCUT2D eigenvalue weighted by Crippen LogP contribution is 2.33. The van der Waals surface area contributed by atoms with E-state index < -0.39 is 5.60 Å². The van der Waals surface area contributed by atoms with Crippen LogP contribution >= 0.6 is 11.6 Å². The first-order valence-electron chi connectivity index (χ1n) is 9.97. The van der Waals surface area contributed by atoms with Crippen LogP contribution in [0, 0.1) is 0 Å². The number of hydrogen-bond donors (Lipinski definition) is 3. The Morgan fingerprint density at radius 1 is 1.14 bits per heavy atom. The number of benzene rings is 2. The predicted molar refractivity (Wildman–Crippen MR) is 116 cm³/mol. The van der Waals surface area contributed by atoms with Crippen molar-refractivity contribution in [3.8, 4) is 0 Å². The molecule has 1 saturated heterocycles. The lowest BCUT2D eigenvalue weighted by Gasteiger charge is -2.38. The van der Waals surface area contributed by atoms with Crippen LogP contribution in [-0.2, 0) is 5.60 Å². The van der Waals surface area contributed by atoms with Crippen molar-refractivity contribution in [1.29, 1.82) is 0 Å². The van der Waals surface area contributed by atoms with Gasteiger partial charge in [0.15, 0.2) is 0 Å². The number of halogens is 1. The largest absolute Gasteiger partial charge is 0.385 e. The van der Waals surface area contributed by atoms with Crippen molar-refractivity contribution in [1.82, 2.24) is 14.9 Å². The minimum absolute atomic E-state index is 0.129. The number of fused-ring (bicyclic) bond motifs is 1. The van der Waals surface area contributed by atoms with Crippen LogP contribution in [0.2, 0.25) is 5.02 Å². The molecular formula is C22H25ClN4O2. The fraction of sp³-hybridized carbons (Fsp3) is 0.364. The zero-order valence-electron chi connectivity index (χ0n) is 16.2. The number of anilines is 1. The van der Waals surface area contributed by atoms with E-state index in [1.165, 1.54) is 0 Å². The minimum atomic E-state index is -0.770. The van der Waals surface area contributed by atoms with Crippen molar-refractivity contribution in [2.45, 2.75) is 24.9 Å². The van der Waals surface area contributed by atoms with Crippen molar-refractivity contribution >= 4 is 28.5 Å². The highest BCUT2D eigenvalue weighted by Gasteiger charge is 2.33. The Kier molecular flexibility index (Phi) is 5.85. The zero-order chi connectivity index (χ0) is 20.3. The van der Waals surface area contributed by atoms with Crippen LogP contribution in [0.1, 0.15) is 24.8 Å². The standard InChI is InChI=1S/C22H25ClN4O2/c23-17-8-6-16(7-9-17)22(29)10-14-27(15-11-22)13-3-12-24-21-25-19-5-2-1-4-18(19)20(28)26-21/h1-2,4-9,29H,3,10-15H2,(H2,24,25,26,28). The maximum atomic E-state index is 12.1. The monoisotopic (exact) mass is 412 g/mol. The first kappa shape index (κ1) is 19.9. The molecule has 1 aliphatic heterocycles. The highest BCUT2D eigenvalue weighted by atomic mass is 35.5. The second-order valence-corrected chi connectivity index (χ2v) is 8.03. The average Bonchev–Trinajstić information content (AvgIpc) is 2.73. The first-order valence-corrected chi connectivity index (χ1v) is 10.3. The molecule has 1 aliphatic rings. The molecule has 29 heavy (non-hydrogen) atoms. The molecule has 0 saturated carbocycles. The van der Waals surface area contributed by atoms with Gasteiger partial charge in [0.25, 0.3) is 5.56 Å². The molecule has 6 nitrogen and oxygen atoms in total. The van der Waals surface area contributed by atoms with E-state index in [-0.39, 0.29) is 5.56 Å². The molecule has 2 aromatic carbocycles. The Labute approximate surface area is 174 Å². The van der Waals surface area contributed by atoms with Crippen molar-refractivity contribution < 1.29 is 5.11 Å². The van der Waals surface area contributed by atoms with Crippen molar-refractivity contribution in [3.05, 3.63) is 69.5 Å². The smallest absolute Gasteiger partial charge is 0.260 e. The average molecular weight is 413 g/mol. The fourth-order valence-corrected chi connectivity index (χ4v) is 4.00. The summed E-state index contributed by atoms with van der Waals surface area (Å²) in [5.41, 5.74) is 0.731. The van der Waals surface area contributed by atoms with Gasteiger partial charge in [0.05, 0.1) is 16.5 Å². The predicted octanol–water partition coefficient (Wildman–Crippen LogP) is 3.36. The molecule has 0 radical (unpaired) electrons. The molecule has 0 aliphatic carbocycles. The summed E-state index contributed by atoms with van der Waals surface area (Å²) in [6, 6.07) is 14.8. The van der Waals surface area contributed by atoms with Crippen molar-refractivity contribution in [2.24, 2.45) is 0 Å². The lowest BCUT2D eigenvalue weighted by Crippen LogP contribution is -2.43. The molecule has 0 unspecified atom stereocenters. The third-order valence-corrected chi connectivity index (χ3v) is 5.87. The third-order valence-electron chi connectivity index (χ3n) is 5.62. The minimum Gasteiger partial charge on any atom is -0.385 e. The number of piperidine rings is 1. The fourth-order valence-electron chi connectivity index (χ4n) is 3.87. The molecule has 0 spiro atoms. The number of para-hydroxylation sites is 1. The van der Waals surface area contributed by atoms with Gasteiger partial charge in [-0.2, -0.15) is 0 Å². The van der Waals surface area contributed by atoms with E-state index in [0.29, 0.717) is 34.7 Å². The number of rotatable bonds is 6. The molecule has 7 heteroatoms. The van der Waals surface area contributed by atoms with Gasteiger partial charge in [-0.05, 0) is 55.6 Å². The van der Waals surface area contributed by atoms with Gasteiger partial charge in [-0.15, -0.1) is 0 Å². The number of aromatic nitrogens is 2. The summed E-state index contributed by atoms with van der Waals surface area (Å²) in [5.74, 6) is 0.504. The molecule has 3 aromatic rings. The SMILES string of the molecule is O=c1[nH]c(NCCCN2CCC(O)(c3ccc(Cl)cc3)CC2)nc2ccccc12. The summed E-state index contributed by atoms with van der Waals surface area (Å²) in [6.45, 7) is 3.36. The Bertz CT molecular complexity index is 1030.